The monoisotopic (exact) mass is 315 g/mol. The number of piperidine rings is 1. The van der Waals surface area contributed by atoms with E-state index in [1.54, 1.807) is 11.0 Å². The molecule has 6 heteroatoms. The number of carbonyl (C=O) groups is 2. The number of nitrogens with zero attached hydrogens (tertiary/aromatic N) is 1. The van der Waals surface area contributed by atoms with Crippen LogP contribution in [0.15, 0.2) is 21.4 Å². The molecule has 1 unspecified atom stereocenters. The second-order valence-electron chi connectivity index (χ2n) is 4.35. The van der Waals surface area contributed by atoms with Crippen molar-refractivity contribution in [3.05, 3.63) is 22.6 Å². The van der Waals surface area contributed by atoms with Crippen molar-refractivity contribution in [1.82, 2.24) is 4.90 Å². The van der Waals surface area contributed by atoms with Crippen LogP contribution in [0, 0.1) is 0 Å². The maximum Gasteiger partial charge on any atom is 0.305 e. The van der Waals surface area contributed by atoms with Crippen LogP contribution >= 0.6 is 15.9 Å². The van der Waals surface area contributed by atoms with E-state index in [0.29, 0.717) is 16.8 Å². The van der Waals surface area contributed by atoms with Gasteiger partial charge in [0.05, 0.1) is 18.2 Å². The molecule has 1 aromatic rings. The molecule has 1 aliphatic heterocycles. The summed E-state index contributed by atoms with van der Waals surface area (Å²) in [6.07, 6.45) is 4.06. The Morgan fingerprint density at radius 1 is 1.50 bits per heavy atom. The van der Waals surface area contributed by atoms with E-state index in [0.717, 1.165) is 19.3 Å². The lowest BCUT2D eigenvalue weighted by atomic mass is 9.98. The van der Waals surface area contributed by atoms with Crippen LogP contribution in [0.5, 0.6) is 0 Å². The van der Waals surface area contributed by atoms with Crippen molar-refractivity contribution in [1.29, 1.82) is 0 Å². The van der Waals surface area contributed by atoms with Gasteiger partial charge in [-0.3, -0.25) is 9.59 Å². The molecule has 0 bridgehead atoms. The van der Waals surface area contributed by atoms with Gasteiger partial charge in [0.2, 0.25) is 0 Å². The number of aliphatic carboxylic acids is 1. The molecule has 1 fully saturated rings. The average molecular weight is 316 g/mol. The first kappa shape index (κ1) is 13.1. The fourth-order valence-corrected chi connectivity index (χ4v) is 2.69. The minimum atomic E-state index is -0.869. The number of rotatable bonds is 3. The number of halogens is 1. The lowest BCUT2D eigenvalue weighted by molar-refractivity contribution is -0.138. The molecule has 1 amide bonds. The van der Waals surface area contributed by atoms with Gasteiger partial charge in [-0.15, -0.1) is 0 Å². The summed E-state index contributed by atoms with van der Waals surface area (Å²) in [5.74, 6) is -1.03. The summed E-state index contributed by atoms with van der Waals surface area (Å²) in [5, 5.41) is 8.88. The number of amides is 1. The Morgan fingerprint density at radius 3 is 2.89 bits per heavy atom. The highest BCUT2D eigenvalue weighted by molar-refractivity contribution is 9.10. The highest BCUT2D eigenvalue weighted by Gasteiger charge is 2.30. The Bertz CT molecular complexity index is 457. The van der Waals surface area contributed by atoms with Gasteiger partial charge in [-0.25, -0.2) is 0 Å². The molecule has 1 N–H and O–H groups in total. The zero-order valence-electron chi connectivity index (χ0n) is 9.76. The summed E-state index contributed by atoms with van der Waals surface area (Å²) in [4.78, 5) is 24.8. The van der Waals surface area contributed by atoms with Crippen molar-refractivity contribution in [2.45, 2.75) is 31.7 Å². The zero-order chi connectivity index (χ0) is 13.1. The van der Waals surface area contributed by atoms with Gasteiger partial charge in [0.25, 0.3) is 5.91 Å². The molecule has 2 rings (SSSR count). The number of carboxylic acid groups (broad SMARTS) is 1. The van der Waals surface area contributed by atoms with Crippen LogP contribution in [-0.2, 0) is 4.79 Å². The van der Waals surface area contributed by atoms with Gasteiger partial charge in [-0.1, -0.05) is 0 Å². The van der Waals surface area contributed by atoms with Crippen LogP contribution in [0.2, 0.25) is 0 Å². The largest absolute Gasteiger partial charge is 0.481 e. The second-order valence-corrected chi connectivity index (χ2v) is 5.07. The fraction of sp³-hybridized carbons (Fsp3) is 0.500. The van der Waals surface area contributed by atoms with E-state index >= 15 is 0 Å². The van der Waals surface area contributed by atoms with Crippen LogP contribution < -0.4 is 0 Å². The van der Waals surface area contributed by atoms with E-state index in [1.807, 2.05) is 0 Å². The van der Waals surface area contributed by atoms with Gasteiger partial charge in [-0.05, 0) is 41.3 Å². The molecule has 2 heterocycles. The van der Waals surface area contributed by atoms with Crippen LogP contribution in [0.4, 0.5) is 0 Å². The van der Waals surface area contributed by atoms with Gasteiger partial charge in [-0.2, -0.15) is 0 Å². The second kappa shape index (κ2) is 5.56. The maximum atomic E-state index is 12.3. The zero-order valence-corrected chi connectivity index (χ0v) is 11.4. The Kier molecular flexibility index (Phi) is 4.06. The first-order chi connectivity index (χ1) is 8.59. The Labute approximate surface area is 113 Å². The SMILES string of the molecule is O=C(O)CC1CCCCN1C(=O)c1ccoc1Br. The molecule has 1 aromatic heterocycles. The predicted octanol–water partition coefficient (Wildman–Crippen LogP) is 2.51. The third-order valence-electron chi connectivity index (χ3n) is 3.15. The fourth-order valence-electron chi connectivity index (χ4n) is 2.28. The third kappa shape index (κ3) is 2.75. The van der Waals surface area contributed by atoms with Gasteiger partial charge in [0.15, 0.2) is 4.67 Å². The molecule has 5 nitrogen and oxygen atoms in total. The number of hydrogen-bond donors (Lipinski definition) is 1. The molecule has 0 radical (unpaired) electrons. The number of likely N-dealkylation sites (tertiary alicyclic amines) is 1. The van der Waals surface area contributed by atoms with E-state index in [-0.39, 0.29) is 18.4 Å². The highest BCUT2D eigenvalue weighted by atomic mass is 79.9. The summed E-state index contributed by atoms with van der Waals surface area (Å²) in [7, 11) is 0. The summed E-state index contributed by atoms with van der Waals surface area (Å²) < 4.78 is 5.44. The Morgan fingerprint density at radius 2 is 2.28 bits per heavy atom. The molecular formula is C12H14BrNO4. The maximum absolute atomic E-state index is 12.3. The van der Waals surface area contributed by atoms with Crippen LogP contribution in [0.1, 0.15) is 36.0 Å². The molecular weight excluding hydrogens is 302 g/mol. The standard InChI is InChI=1S/C12H14BrNO4/c13-11-9(4-6-18-11)12(17)14-5-2-1-3-8(14)7-10(15)16/h4,6,8H,1-3,5,7H2,(H,15,16). The van der Waals surface area contributed by atoms with Crippen LogP contribution in [0.3, 0.4) is 0 Å². The van der Waals surface area contributed by atoms with Gasteiger partial charge in [0.1, 0.15) is 0 Å². The number of carbonyl (C=O) groups excluding carboxylic acids is 1. The summed E-state index contributed by atoms with van der Waals surface area (Å²) >= 11 is 3.17. The van der Waals surface area contributed by atoms with Gasteiger partial charge >= 0.3 is 5.97 Å². The molecule has 1 atom stereocenters. The van der Waals surface area contributed by atoms with Crippen LogP contribution in [-0.4, -0.2) is 34.5 Å². The molecule has 18 heavy (non-hydrogen) atoms. The Balaban J connectivity index is 2.16. The minimum Gasteiger partial charge on any atom is -0.481 e. The smallest absolute Gasteiger partial charge is 0.305 e. The van der Waals surface area contributed by atoms with Crippen LogP contribution in [0.25, 0.3) is 0 Å². The molecule has 0 spiro atoms. The van der Waals surface area contributed by atoms with Crippen molar-refractivity contribution in [2.75, 3.05) is 6.54 Å². The Hall–Kier alpha value is -1.30. The predicted molar refractivity (Wildman–Crippen MR) is 67.3 cm³/mol. The van der Waals surface area contributed by atoms with Crippen molar-refractivity contribution in [2.24, 2.45) is 0 Å². The molecule has 0 aromatic carbocycles. The first-order valence-electron chi connectivity index (χ1n) is 5.85. The topological polar surface area (TPSA) is 70.8 Å². The van der Waals surface area contributed by atoms with E-state index < -0.39 is 5.97 Å². The van der Waals surface area contributed by atoms with E-state index in [1.165, 1.54) is 6.26 Å². The van der Waals surface area contributed by atoms with Gasteiger partial charge in [0, 0.05) is 12.6 Å². The minimum absolute atomic E-state index is 0.00120. The number of carboxylic acids is 1. The average Bonchev–Trinajstić information content (AvgIpc) is 2.74. The lowest BCUT2D eigenvalue weighted by Crippen LogP contribution is -2.44. The quantitative estimate of drug-likeness (QED) is 0.930. The molecule has 1 saturated heterocycles. The molecule has 98 valence electrons. The number of furan rings is 1. The summed E-state index contributed by atoms with van der Waals surface area (Å²) in [6, 6.07) is 1.38. The van der Waals surface area contributed by atoms with Crippen molar-refractivity contribution in [3.63, 3.8) is 0 Å². The van der Waals surface area contributed by atoms with E-state index in [4.69, 9.17) is 9.52 Å². The van der Waals surface area contributed by atoms with Crippen molar-refractivity contribution in [3.8, 4) is 0 Å². The van der Waals surface area contributed by atoms with Crippen molar-refractivity contribution >= 4 is 27.8 Å². The van der Waals surface area contributed by atoms with Gasteiger partial charge < -0.3 is 14.4 Å². The summed E-state index contributed by atoms with van der Waals surface area (Å²) in [6.45, 7) is 0.606. The normalized spacial score (nSPS) is 19.8. The van der Waals surface area contributed by atoms with Crippen molar-refractivity contribution < 1.29 is 19.1 Å². The molecule has 1 aliphatic rings. The summed E-state index contributed by atoms with van der Waals surface area (Å²) in [5.41, 5.74) is 0.451. The number of hydrogen-bond acceptors (Lipinski definition) is 3. The third-order valence-corrected chi connectivity index (χ3v) is 3.76. The highest BCUT2D eigenvalue weighted by Crippen LogP contribution is 2.25. The van der Waals surface area contributed by atoms with E-state index in [9.17, 15) is 9.59 Å². The molecule has 0 aliphatic carbocycles. The van der Waals surface area contributed by atoms with E-state index in [2.05, 4.69) is 15.9 Å². The first-order valence-corrected chi connectivity index (χ1v) is 6.64. The molecule has 0 saturated carbocycles. The lowest BCUT2D eigenvalue weighted by Gasteiger charge is -2.34.